The fourth-order valence-corrected chi connectivity index (χ4v) is 2.46. The lowest BCUT2D eigenvalue weighted by molar-refractivity contribution is -0.121. The van der Waals surface area contributed by atoms with Crippen molar-refractivity contribution in [2.75, 3.05) is 11.9 Å². The summed E-state index contributed by atoms with van der Waals surface area (Å²) in [5.74, 6) is 0.160. The molecule has 3 nitrogen and oxygen atoms in total. The summed E-state index contributed by atoms with van der Waals surface area (Å²) >= 11 is 0. The molecule has 1 aliphatic carbocycles. The van der Waals surface area contributed by atoms with Gasteiger partial charge in [0.2, 0.25) is 5.91 Å². The third kappa shape index (κ3) is 2.28. The molecule has 1 fully saturated rings. The molecule has 1 saturated carbocycles. The number of anilines is 1. The fraction of sp³-hybridized carbons (Fsp3) is 0.500. The maximum Gasteiger partial charge on any atom is 0.224 e. The van der Waals surface area contributed by atoms with Crippen LogP contribution in [0.25, 0.3) is 0 Å². The van der Waals surface area contributed by atoms with Crippen LogP contribution in [-0.4, -0.2) is 18.5 Å². The van der Waals surface area contributed by atoms with Crippen LogP contribution in [0.15, 0.2) is 18.2 Å². The molecule has 1 heterocycles. The third-order valence-corrected chi connectivity index (χ3v) is 3.72. The van der Waals surface area contributed by atoms with Crippen molar-refractivity contribution in [1.29, 1.82) is 0 Å². The second-order valence-corrected chi connectivity index (χ2v) is 5.04. The summed E-state index contributed by atoms with van der Waals surface area (Å²) in [5.41, 5.74) is 3.68. The zero-order chi connectivity index (χ0) is 11.7. The van der Waals surface area contributed by atoms with Crippen LogP contribution in [0.5, 0.6) is 0 Å². The Kier molecular flexibility index (Phi) is 2.75. The van der Waals surface area contributed by atoms with Crippen LogP contribution in [-0.2, 0) is 17.6 Å². The maximum atomic E-state index is 11.8. The molecule has 0 saturated heterocycles. The monoisotopic (exact) mass is 230 g/mol. The molecule has 90 valence electrons. The minimum Gasteiger partial charge on any atom is -0.384 e. The van der Waals surface area contributed by atoms with Crippen molar-refractivity contribution in [3.8, 4) is 0 Å². The van der Waals surface area contributed by atoms with Crippen LogP contribution in [0.3, 0.4) is 0 Å². The maximum absolute atomic E-state index is 11.8. The molecule has 1 aromatic rings. The Hall–Kier alpha value is -1.51. The molecular formula is C14H18N2O. The van der Waals surface area contributed by atoms with E-state index in [1.165, 1.54) is 17.7 Å². The molecule has 17 heavy (non-hydrogen) atoms. The number of fused-ring (bicyclic) bond motifs is 1. The lowest BCUT2D eigenvalue weighted by Gasteiger charge is -2.26. The lowest BCUT2D eigenvalue weighted by atomic mass is 9.93. The van der Waals surface area contributed by atoms with Crippen LogP contribution in [0.2, 0.25) is 0 Å². The first kappa shape index (κ1) is 10.6. The Morgan fingerprint density at radius 3 is 3.06 bits per heavy atom. The first-order valence-electron chi connectivity index (χ1n) is 6.46. The van der Waals surface area contributed by atoms with Crippen molar-refractivity contribution in [3.05, 3.63) is 29.3 Å². The summed E-state index contributed by atoms with van der Waals surface area (Å²) in [7, 11) is 0. The van der Waals surface area contributed by atoms with Gasteiger partial charge in [0.25, 0.3) is 0 Å². The normalized spacial score (nSPS) is 18.1. The van der Waals surface area contributed by atoms with Gasteiger partial charge < -0.3 is 10.6 Å². The average molecular weight is 230 g/mol. The van der Waals surface area contributed by atoms with Crippen molar-refractivity contribution < 1.29 is 4.79 Å². The van der Waals surface area contributed by atoms with Gasteiger partial charge in [0.05, 0.1) is 6.42 Å². The molecular weight excluding hydrogens is 212 g/mol. The molecule has 0 radical (unpaired) electrons. The summed E-state index contributed by atoms with van der Waals surface area (Å²) < 4.78 is 0. The quantitative estimate of drug-likeness (QED) is 0.832. The van der Waals surface area contributed by atoms with E-state index in [2.05, 4.69) is 28.8 Å². The Morgan fingerprint density at radius 1 is 1.41 bits per heavy atom. The van der Waals surface area contributed by atoms with E-state index in [0.717, 1.165) is 31.4 Å². The lowest BCUT2D eigenvalue weighted by Crippen LogP contribution is -2.40. The minimum atomic E-state index is 0.160. The average Bonchev–Trinajstić information content (AvgIpc) is 2.71. The molecule has 0 aromatic heterocycles. The van der Waals surface area contributed by atoms with Gasteiger partial charge in [0, 0.05) is 18.3 Å². The highest BCUT2D eigenvalue weighted by Gasteiger charge is 2.19. The van der Waals surface area contributed by atoms with Gasteiger partial charge in [0.15, 0.2) is 0 Å². The number of hydrogen-bond acceptors (Lipinski definition) is 2. The molecule has 2 aliphatic rings. The van der Waals surface area contributed by atoms with Crippen molar-refractivity contribution in [2.24, 2.45) is 0 Å². The molecule has 0 spiro atoms. The Labute approximate surface area is 102 Å². The summed E-state index contributed by atoms with van der Waals surface area (Å²) in [6.45, 7) is 1.02. The highest BCUT2D eigenvalue weighted by molar-refractivity contribution is 5.79. The van der Waals surface area contributed by atoms with Crippen LogP contribution in [0.4, 0.5) is 5.69 Å². The molecule has 1 amide bonds. The summed E-state index contributed by atoms with van der Waals surface area (Å²) in [5, 5.41) is 6.42. The number of carbonyl (C=O) groups is 1. The molecule has 0 atom stereocenters. The van der Waals surface area contributed by atoms with E-state index < -0.39 is 0 Å². The Balaban J connectivity index is 1.62. The van der Waals surface area contributed by atoms with Crippen molar-refractivity contribution >= 4 is 11.6 Å². The van der Waals surface area contributed by atoms with Crippen LogP contribution < -0.4 is 10.6 Å². The van der Waals surface area contributed by atoms with Crippen LogP contribution in [0.1, 0.15) is 30.4 Å². The number of rotatable bonds is 3. The summed E-state index contributed by atoms with van der Waals surface area (Å²) in [6, 6.07) is 6.77. The number of benzene rings is 1. The molecule has 1 aromatic carbocycles. The van der Waals surface area contributed by atoms with Crippen LogP contribution >= 0.6 is 0 Å². The van der Waals surface area contributed by atoms with Gasteiger partial charge in [-0.05, 0) is 42.9 Å². The van der Waals surface area contributed by atoms with Gasteiger partial charge in [-0.25, -0.2) is 0 Å². The molecule has 0 unspecified atom stereocenters. The predicted octanol–water partition coefficient (Wildman–Crippen LogP) is 1.87. The van der Waals surface area contributed by atoms with Gasteiger partial charge in [-0.3, -0.25) is 4.79 Å². The molecule has 2 N–H and O–H groups in total. The van der Waals surface area contributed by atoms with Crippen molar-refractivity contribution in [3.63, 3.8) is 0 Å². The van der Waals surface area contributed by atoms with E-state index in [0.29, 0.717) is 12.5 Å². The number of amides is 1. The molecule has 3 heteroatoms. The fourth-order valence-electron chi connectivity index (χ4n) is 2.46. The van der Waals surface area contributed by atoms with E-state index in [-0.39, 0.29) is 5.91 Å². The summed E-state index contributed by atoms with van der Waals surface area (Å²) in [4.78, 5) is 11.8. The van der Waals surface area contributed by atoms with Gasteiger partial charge in [0.1, 0.15) is 0 Å². The second kappa shape index (κ2) is 4.40. The molecule has 0 bridgehead atoms. The Bertz CT molecular complexity index is 438. The smallest absolute Gasteiger partial charge is 0.224 e. The Morgan fingerprint density at radius 2 is 2.29 bits per heavy atom. The minimum absolute atomic E-state index is 0.160. The van der Waals surface area contributed by atoms with Gasteiger partial charge >= 0.3 is 0 Å². The highest BCUT2D eigenvalue weighted by Crippen LogP contribution is 2.23. The van der Waals surface area contributed by atoms with E-state index >= 15 is 0 Å². The van der Waals surface area contributed by atoms with E-state index in [1.807, 2.05) is 0 Å². The van der Waals surface area contributed by atoms with Crippen molar-refractivity contribution in [2.45, 2.75) is 38.1 Å². The SMILES string of the molecule is O=C(Cc1ccc2c(c1)NCC2)NC1CCC1. The zero-order valence-electron chi connectivity index (χ0n) is 9.96. The van der Waals surface area contributed by atoms with E-state index in [1.54, 1.807) is 0 Å². The number of carbonyl (C=O) groups excluding carboxylic acids is 1. The van der Waals surface area contributed by atoms with Gasteiger partial charge in [-0.1, -0.05) is 12.1 Å². The van der Waals surface area contributed by atoms with Gasteiger partial charge in [-0.2, -0.15) is 0 Å². The standard InChI is InChI=1S/C14H18N2O/c17-14(16-12-2-1-3-12)9-10-4-5-11-6-7-15-13(11)8-10/h4-5,8,12,15H,1-3,6-7,9H2,(H,16,17). The predicted molar refractivity (Wildman–Crippen MR) is 68.1 cm³/mol. The first-order chi connectivity index (χ1) is 8.31. The number of nitrogens with one attached hydrogen (secondary N) is 2. The highest BCUT2D eigenvalue weighted by atomic mass is 16.1. The largest absolute Gasteiger partial charge is 0.384 e. The second-order valence-electron chi connectivity index (χ2n) is 5.04. The third-order valence-electron chi connectivity index (χ3n) is 3.72. The zero-order valence-corrected chi connectivity index (χ0v) is 9.96. The molecule has 3 rings (SSSR count). The topological polar surface area (TPSA) is 41.1 Å². The van der Waals surface area contributed by atoms with Crippen LogP contribution in [0, 0.1) is 0 Å². The molecule has 1 aliphatic heterocycles. The van der Waals surface area contributed by atoms with E-state index in [9.17, 15) is 4.79 Å². The number of hydrogen-bond donors (Lipinski definition) is 2. The summed E-state index contributed by atoms with van der Waals surface area (Å²) in [6.07, 6.45) is 5.16. The van der Waals surface area contributed by atoms with Gasteiger partial charge in [-0.15, -0.1) is 0 Å². The first-order valence-corrected chi connectivity index (χ1v) is 6.46. The van der Waals surface area contributed by atoms with Crippen molar-refractivity contribution in [1.82, 2.24) is 5.32 Å². The van der Waals surface area contributed by atoms with E-state index in [4.69, 9.17) is 0 Å².